The molecule has 20 heavy (non-hydrogen) atoms. The van der Waals surface area contributed by atoms with Crippen LogP contribution in [-0.2, 0) is 9.53 Å². The van der Waals surface area contributed by atoms with Gasteiger partial charge < -0.3 is 14.7 Å². The second kappa shape index (κ2) is 10.4. The van der Waals surface area contributed by atoms with E-state index in [9.17, 15) is 4.79 Å². The van der Waals surface area contributed by atoms with Gasteiger partial charge in [0.1, 0.15) is 0 Å². The van der Waals surface area contributed by atoms with Crippen LogP contribution in [0.4, 0.5) is 0 Å². The number of aliphatic carboxylic acids is 1. The van der Waals surface area contributed by atoms with E-state index in [1.165, 1.54) is 0 Å². The van der Waals surface area contributed by atoms with Crippen molar-refractivity contribution in [2.75, 3.05) is 39.8 Å². The molecule has 1 N–H and O–H groups in total. The first-order chi connectivity index (χ1) is 8.99. The number of carbonyl (C=O) groups is 1. The molecular formula is C14H29ClN2O3. The Labute approximate surface area is 128 Å². The Morgan fingerprint density at radius 3 is 2.70 bits per heavy atom. The number of likely N-dealkylation sites (tertiary alicyclic amines) is 1. The normalized spacial score (nSPS) is 20.8. The van der Waals surface area contributed by atoms with Gasteiger partial charge >= 0.3 is 5.97 Å². The maximum Gasteiger partial charge on any atom is 0.317 e. The summed E-state index contributed by atoms with van der Waals surface area (Å²) in [5.41, 5.74) is 0. The standard InChI is InChI=1S/C14H28N2O3.ClH/c1-12(2)19-10-9-16-7-4-5-13(6-8-16)15(3)11-14(17)18;/h12-13H,4-11H2,1-3H3,(H,17,18);1H. The predicted octanol–water partition coefficient (Wildman–Crippen LogP) is 1.70. The molecule has 0 aromatic rings. The SMILES string of the molecule is CC(C)OCCN1CCCC(N(C)CC(=O)O)CC1.Cl. The van der Waals surface area contributed by atoms with Crippen LogP contribution in [0.5, 0.6) is 0 Å². The van der Waals surface area contributed by atoms with Crippen molar-refractivity contribution in [2.45, 2.75) is 45.3 Å². The molecule has 1 aliphatic rings. The lowest BCUT2D eigenvalue weighted by atomic mass is 10.1. The lowest BCUT2D eigenvalue weighted by Gasteiger charge is -2.25. The summed E-state index contributed by atoms with van der Waals surface area (Å²) in [4.78, 5) is 15.1. The fourth-order valence-electron chi connectivity index (χ4n) is 2.56. The maximum atomic E-state index is 10.7. The molecule has 1 aliphatic heterocycles. The number of hydrogen-bond acceptors (Lipinski definition) is 4. The first kappa shape index (κ1) is 19.6. The minimum Gasteiger partial charge on any atom is -0.480 e. The number of rotatable bonds is 7. The molecule has 1 heterocycles. The molecule has 0 saturated carbocycles. The Morgan fingerprint density at radius 2 is 2.10 bits per heavy atom. The van der Waals surface area contributed by atoms with E-state index in [1.54, 1.807) is 0 Å². The molecule has 120 valence electrons. The van der Waals surface area contributed by atoms with Gasteiger partial charge in [-0.3, -0.25) is 9.69 Å². The Hall–Kier alpha value is -0.360. The number of hydrogen-bond donors (Lipinski definition) is 1. The highest BCUT2D eigenvalue weighted by atomic mass is 35.5. The summed E-state index contributed by atoms with van der Waals surface area (Å²) in [7, 11) is 1.91. The quantitative estimate of drug-likeness (QED) is 0.776. The van der Waals surface area contributed by atoms with Crippen molar-refractivity contribution in [1.29, 1.82) is 0 Å². The van der Waals surface area contributed by atoms with E-state index in [0.717, 1.165) is 45.5 Å². The number of likely N-dealkylation sites (N-methyl/N-ethyl adjacent to an activating group) is 1. The molecule has 1 atom stereocenters. The van der Waals surface area contributed by atoms with Crippen LogP contribution < -0.4 is 0 Å². The average Bonchev–Trinajstić information content (AvgIpc) is 2.53. The smallest absolute Gasteiger partial charge is 0.317 e. The second-order valence-electron chi connectivity index (χ2n) is 5.65. The van der Waals surface area contributed by atoms with Crippen LogP contribution in [0.2, 0.25) is 0 Å². The van der Waals surface area contributed by atoms with Crippen LogP contribution in [0, 0.1) is 0 Å². The molecule has 0 aromatic heterocycles. The molecule has 0 amide bonds. The summed E-state index contributed by atoms with van der Waals surface area (Å²) >= 11 is 0. The largest absolute Gasteiger partial charge is 0.480 e. The molecule has 5 nitrogen and oxygen atoms in total. The molecule has 0 bridgehead atoms. The maximum absolute atomic E-state index is 10.7. The zero-order valence-electron chi connectivity index (χ0n) is 12.9. The van der Waals surface area contributed by atoms with E-state index in [2.05, 4.69) is 18.7 Å². The van der Waals surface area contributed by atoms with Gasteiger partial charge in [0.15, 0.2) is 0 Å². The lowest BCUT2D eigenvalue weighted by molar-refractivity contribution is -0.138. The Bertz CT molecular complexity index is 277. The first-order valence-electron chi connectivity index (χ1n) is 7.25. The van der Waals surface area contributed by atoms with E-state index in [-0.39, 0.29) is 19.0 Å². The highest BCUT2D eigenvalue weighted by Crippen LogP contribution is 2.15. The van der Waals surface area contributed by atoms with Gasteiger partial charge in [0.2, 0.25) is 0 Å². The summed E-state index contributed by atoms with van der Waals surface area (Å²) in [6.07, 6.45) is 3.56. The van der Waals surface area contributed by atoms with E-state index in [1.807, 2.05) is 11.9 Å². The number of nitrogens with zero attached hydrogens (tertiary/aromatic N) is 2. The van der Waals surface area contributed by atoms with Gasteiger partial charge in [0.25, 0.3) is 0 Å². The Morgan fingerprint density at radius 1 is 1.40 bits per heavy atom. The van der Waals surface area contributed by atoms with Gasteiger partial charge in [-0.05, 0) is 53.2 Å². The fraction of sp³-hybridized carbons (Fsp3) is 0.929. The van der Waals surface area contributed by atoms with E-state index in [0.29, 0.717) is 12.1 Å². The molecule has 0 aromatic carbocycles. The van der Waals surface area contributed by atoms with Crippen LogP contribution in [-0.4, -0.2) is 72.9 Å². The van der Waals surface area contributed by atoms with Crippen LogP contribution >= 0.6 is 12.4 Å². The van der Waals surface area contributed by atoms with Crippen molar-refractivity contribution < 1.29 is 14.6 Å². The molecule has 1 fully saturated rings. The van der Waals surface area contributed by atoms with Crippen molar-refractivity contribution in [3.63, 3.8) is 0 Å². The van der Waals surface area contributed by atoms with Crippen molar-refractivity contribution in [2.24, 2.45) is 0 Å². The summed E-state index contributed by atoms with van der Waals surface area (Å²) in [5.74, 6) is -0.742. The van der Waals surface area contributed by atoms with Crippen molar-refractivity contribution >= 4 is 18.4 Å². The van der Waals surface area contributed by atoms with Crippen molar-refractivity contribution in [1.82, 2.24) is 9.80 Å². The fourth-order valence-corrected chi connectivity index (χ4v) is 2.56. The van der Waals surface area contributed by atoms with E-state index < -0.39 is 5.97 Å². The minimum absolute atomic E-state index is 0. The van der Waals surface area contributed by atoms with Gasteiger partial charge in [0.05, 0.1) is 19.3 Å². The van der Waals surface area contributed by atoms with Crippen LogP contribution in [0.3, 0.4) is 0 Å². The summed E-state index contributed by atoms with van der Waals surface area (Å²) < 4.78 is 5.58. The number of ether oxygens (including phenoxy) is 1. The van der Waals surface area contributed by atoms with Crippen molar-refractivity contribution in [3.05, 3.63) is 0 Å². The summed E-state index contributed by atoms with van der Waals surface area (Å²) in [5, 5.41) is 8.84. The Balaban J connectivity index is 0.00000361. The van der Waals surface area contributed by atoms with Gasteiger partial charge in [-0.2, -0.15) is 0 Å². The molecule has 1 saturated heterocycles. The number of carboxylic acids is 1. The second-order valence-corrected chi connectivity index (χ2v) is 5.65. The topological polar surface area (TPSA) is 53.0 Å². The molecule has 0 spiro atoms. The monoisotopic (exact) mass is 308 g/mol. The third kappa shape index (κ3) is 8.04. The predicted molar refractivity (Wildman–Crippen MR) is 82.7 cm³/mol. The molecule has 1 unspecified atom stereocenters. The summed E-state index contributed by atoms with van der Waals surface area (Å²) in [6.45, 7) is 8.15. The zero-order valence-corrected chi connectivity index (χ0v) is 13.7. The average molecular weight is 309 g/mol. The molecule has 0 radical (unpaired) electrons. The third-order valence-electron chi connectivity index (χ3n) is 3.66. The summed E-state index contributed by atoms with van der Waals surface area (Å²) in [6, 6.07) is 0.395. The third-order valence-corrected chi connectivity index (χ3v) is 3.66. The molecular weight excluding hydrogens is 280 g/mol. The van der Waals surface area contributed by atoms with Gasteiger partial charge in [-0.15, -0.1) is 12.4 Å². The van der Waals surface area contributed by atoms with Gasteiger partial charge in [0, 0.05) is 12.6 Å². The van der Waals surface area contributed by atoms with Gasteiger partial charge in [-0.1, -0.05) is 0 Å². The van der Waals surface area contributed by atoms with Crippen LogP contribution in [0.1, 0.15) is 33.1 Å². The zero-order chi connectivity index (χ0) is 14.3. The highest BCUT2D eigenvalue weighted by molar-refractivity contribution is 5.85. The van der Waals surface area contributed by atoms with Crippen LogP contribution in [0.15, 0.2) is 0 Å². The first-order valence-corrected chi connectivity index (χ1v) is 7.25. The Kier molecular flexibility index (Phi) is 10.2. The van der Waals surface area contributed by atoms with Gasteiger partial charge in [-0.25, -0.2) is 0 Å². The number of carboxylic acid groups (broad SMARTS) is 1. The lowest BCUT2D eigenvalue weighted by Crippen LogP contribution is -2.37. The molecule has 0 aliphatic carbocycles. The highest BCUT2D eigenvalue weighted by Gasteiger charge is 2.21. The number of halogens is 1. The minimum atomic E-state index is -0.742. The molecule has 1 rings (SSSR count). The van der Waals surface area contributed by atoms with Crippen molar-refractivity contribution in [3.8, 4) is 0 Å². The van der Waals surface area contributed by atoms with Crippen LogP contribution in [0.25, 0.3) is 0 Å². The molecule has 6 heteroatoms. The van der Waals surface area contributed by atoms with E-state index >= 15 is 0 Å². The van der Waals surface area contributed by atoms with E-state index in [4.69, 9.17) is 9.84 Å².